The Labute approximate surface area is 128 Å². The van der Waals surface area contributed by atoms with Crippen LogP contribution < -0.4 is 0 Å². The van der Waals surface area contributed by atoms with Crippen molar-refractivity contribution in [2.75, 3.05) is 0 Å². The fourth-order valence-corrected chi connectivity index (χ4v) is 5.71. The lowest BCUT2D eigenvalue weighted by molar-refractivity contribution is 0.0943. The van der Waals surface area contributed by atoms with E-state index >= 15 is 0 Å². The Morgan fingerprint density at radius 2 is 1.19 bits per heavy atom. The molecule has 4 unspecified atom stereocenters. The summed E-state index contributed by atoms with van der Waals surface area (Å²) in [6.07, 6.45) is 4.20. The van der Waals surface area contributed by atoms with Crippen molar-refractivity contribution in [2.45, 2.75) is 53.9 Å². The minimum absolute atomic E-state index is 0.371. The molecule has 0 saturated heterocycles. The molecule has 1 nitrogen and oxygen atoms in total. The first-order valence-corrected chi connectivity index (χ1v) is 8.54. The highest BCUT2D eigenvalue weighted by Crippen LogP contribution is 2.70. The largest absolute Gasteiger partial charge is 0.294 e. The normalized spacial score (nSPS) is 36.0. The van der Waals surface area contributed by atoms with Gasteiger partial charge in [0.05, 0.1) is 0 Å². The second-order valence-corrected chi connectivity index (χ2v) is 7.88. The van der Waals surface area contributed by atoms with E-state index in [0.717, 1.165) is 29.2 Å². The summed E-state index contributed by atoms with van der Waals surface area (Å²) in [5.74, 6) is 4.09. The van der Waals surface area contributed by atoms with Gasteiger partial charge in [-0.3, -0.25) is 4.79 Å². The maximum absolute atomic E-state index is 13.2. The van der Waals surface area contributed by atoms with Crippen molar-refractivity contribution in [2.24, 2.45) is 29.6 Å². The molecule has 0 aliphatic heterocycles. The van der Waals surface area contributed by atoms with E-state index in [1.165, 1.54) is 47.1 Å². The van der Waals surface area contributed by atoms with Crippen molar-refractivity contribution in [3.8, 4) is 0 Å². The van der Waals surface area contributed by atoms with Crippen LogP contribution in [0, 0.1) is 64.2 Å². The van der Waals surface area contributed by atoms with Crippen molar-refractivity contribution in [3.63, 3.8) is 0 Å². The summed E-state index contributed by atoms with van der Waals surface area (Å²) >= 11 is 0. The molecule has 4 rings (SSSR count). The monoisotopic (exact) mass is 282 g/mol. The molecule has 21 heavy (non-hydrogen) atoms. The number of fused-ring (bicyclic) bond motifs is 5. The molecule has 0 heterocycles. The molecule has 3 saturated carbocycles. The zero-order chi connectivity index (χ0) is 15.0. The number of benzene rings is 1. The molecule has 112 valence electrons. The fourth-order valence-electron chi connectivity index (χ4n) is 5.71. The highest BCUT2D eigenvalue weighted by atomic mass is 16.1. The third-order valence-electron chi connectivity index (χ3n) is 7.28. The Morgan fingerprint density at radius 1 is 0.762 bits per heavy atom. The molecule has 0 aromatic heterocycles. The number of Topliss-reactive ketones (excluding diaryl/α,β-unsaturated/α-hetero) is 1. The first-order chi connectivity index (χ1) is 9.93. The van der Waals surface area contributed by atoms with E-state index in [-0.39, 0.29) is 0 Å². The topological polar surface area (TPSA) is 17.1 Å². The van der Waals surface area contributed by atoms with Gasteiger partial charge in [-0.1, -0.05) is 0 Å². The van der Waals surface area contributed by atoms with Gasteiger partial charge in [-0.2, -0.15) is 0 Å². The summed E-state index contributed by atoms with van der Waals surface area (Å²) in [7, 11) is 0. The Hall–Kier alpha value is -1.11. The number of hydrogen-bond acceptors (Lipinski definition) is 1. The fraction of sp³-hybridized carbons (Fsp3) is 0.650. The standard InChI is InChI=1S/C20H26O/c1-9-10(2)12(4)16(13(5)11(9)3)20(21)19-17-14-6-7-15(8-14)18(17)19/h14-15,17-19H,6-8H2,1-5H3. The van der Waals surface area contributed by atoms with Gasteiger partial charge in [0.1, 0.15) is 0 Å². The molecule has 0 radical (unpaired) electrons. The van der Waals surface area contributed by atoms with Crippen LogP contribution in [0.4, 0.5) is 0 Å². The lowest BCUT2D eigenvalue weighted by Gasteiger charge is -2.19. The van der Waals surface area contributed by atoms with Gasteiger partial charge in [-0.15, -0.1) is 0 Å². The molecule has 1 aromatic rings. The van der Waals surface area contributed by atoms with Crippen molar-refractivity contribution < 1.29 is 4.79 Å². The third kappa shape index (κ3) is 1.61. The van der Waals surface area contributed by atoms with Crippen LogP contribution in [0.2, 0.25) is 0 Å². The molecule has 4 atom stereocenters. The summed E-state index contributed by atoms with van der Waals surface area (Å²) in [6.45, 7) is 10.8. The molecule has 0 amide bonds. The van der Waals surface area contributed by atoms with Gasteiger partial charge in [-0.05, 0) is 105 Å². The second kappa shape index (κ2) is 4.21. The zero-order valence-corrected chi connectivity index (χ0v) is 13.9. The first kappa shape index (κ1) is 13.5. The Bertz CT molecular complexity index is 609. The van der Waals surface area contributed by atoms with E-state index in [2.05, 4.69) is 34.6 Å². The lowest BCUT2D eigenvalue weighted by atomic mass is 9.85. The quantitative estimate of drug-likeness (QED) is 0.718. The molecule has 1 heteroatoms. The molecule has 0 N–H and O–H groups in total. The minimum atomic E-state index is 0.371. The van der Waals surface area contributed by atoms with Crippen molar-refractivity contribution in [1.29, 1.82) is 0 Å². The number of carbonyl (C=O) groups excluding carboxylic acids is 1. The predicted molar refractivity (Wildman–Crippen MR) is 85.8 cm³/mol. The van der Waals surface area contributed by atoms with Crippen LogP contribution in [-0.2, 0) is 0 Å². The highest BCUT2D eigenvalue weighted by molar-refractivity contribution is 6.03. The Kier molecular flexibility index (Phi) is 2.72. The van der Waals surface area contributed by atoms with Gasteiger partial charge in [0.15, 0.2) is 5.78 Å². The van der Waals surface area contributed by atoms with Gasteiger partial charge in [-0.25, -0.2) is 0 Å². The molecule has 3 fully saturated rings. The van der Waals surface area contributed by atoms with Crippen LogP contribution in [0.1, 0.15) is 57.4 Å². The number of ketones is 1. The molecular formula is C20H26O. The smallest absolute Gasteiger partial charge is 0.167 e. The summed E-state index contributed by atoms with van der Waals surface area (Å²) in [5, 5.41) is 0. The maximum atomic E-state index is 13.2. The average molecular weight is 282 g/mol. The third-order valence-corrected chi connectivity index (χ3v) is 7.28. The van der Waals surface area contributed by atoms with Gasteiger partial charge in [0, 0.05) is 11.5 Å². The van der Waals surface area contributed by atoms with Crippen LogP contribution in [0.5, 0.6) is 0 Å². The van der Waals surface area contributed by atoms with E-state index in [1.807, 2.05) is 0 Å². The van der Waals surface area contributed by atoms with E-state index in [0.29, 0.717) is 11.7 Å². The highest BCUT2D eigenvalue weighted by Gasteiger charge is 2.67. The lowest BCUT2D eigenvalue weighted by Crippen LogP contribution is -2.15. The van der Waals surface area contributed by atoms with E-state index in [1.54, 1.807) is 0 Å². The Morgan fingerprint density at radius 3 is 1.67 bits per heavy atom. The van der Waals surface area contributed by atoms with Crippen LogP contribution in [0.25, 0.3) is 0 Å². The average Bonchev–Trinajstić information content (AvgIpc) is 2.91. The van der Waals surface area contributed by atoms with E-state index < -0.39 is 0 Å². The van der Waals surface area contributed by atoms with Crippen molar-refractivity contribution in [3.05, 3.63) is 33.4 Å². The predicted octanol–water partition coefficient (Wildman–Crippen LogP) is 4.70. The minimum Gasteiger partial charge on any atom is -0.294 e. The van der Waals surface area contributed by atoms with Crippen LogP contribution in [0.15, 0.2) is 0 Å². The zero-order valence-electron chi connectivity index (χ0n) is 13.9. The van der Waals surface area contributed by atoms with E-state index in [9.17, 15) is 4.79 Å². The van der Waals surface area contributed by atoms with Crippen molar-refractivity contribution >= 4 is 5.78 Å². The number of rotatable bonds is 2. The van der Waals surface area contributed by atoms with E-state index in [4.69, 9.17) is 0 Å². The van der Waals surface area contributed by atoms with Crippen LogP contribution in [0.3, 0.4) is 0 Å². The van der Waals surface area contributed by atoms with Crippen LogP contribution >= 0.6 is 0 Å². The summed E-state index contributed by atoms with van der Waals surface area (Å²) < 4.78 is 0. The Balaban J connectivity index is 1.74. The molecule has 3 aliphatic rings. The first-order valence-electron chi connectivity index (χ1n) is 8.54. The van der Waals surface area contributed by atoms with Crippen molar-refractivity contribution in [1.82, 2.24) is 0 Å². The number of hydrogen-bond donors (Lipinski definition) is 0. The van der Waals surface area contributed by atoms with Crippen LogP contribution in [-0.4, -0.2) is 5.78 Å². The summed E-state index contributed by atoms with van der Waals surface area (Å²) in [5.41, 5.74) is 7.52. The SMILES string of the molecule is Cc1c(C)c(C)c(C(=O)C2C3C4CCC(C4)C23)c(C)c1C. The van der Waals surface area contributed by atoms with Gasteiger partial charge in [0.25, 0.3) is 0 Å². The molecule has 2 bridgehead atoms. The van der Waals surface area contributed by atoms with Gasteiger partial charge < -0.3 is 0 Å². The molecule has 1 aromatic carbocycles. The van der Waals surface area contributed by atoms with Gasteiger partial charge in [0.2, 0.25) is 0 Å². The number of carbonyl (C=O) groups is 1. The second-order valence-electron chi connectivity index (χ2n) is 7.88. The summed E-state index contributed by atoms with van der Waals surface area (Å²) in [6, 6.07) is 0. The summed E-state index contributed by atoms with van der Waals surface area (Å²) in [4.78, 5) is 13.2. The molecule has 0 spiro atoms. The van der Waals surface area contributed by atoms with Gasteiger partial charge >= 0.3 is 0 Å². The molecule has 3 aliphatic carbocycles. The molecular weight excluding hydrogens is 256 g/mol. The maximum Gasteiger partial charge on any atom is 0.167 e.